The Morgan fingerprint density at radius 2 is 2.11 bits per heavy atom. The van der Waals surface area contributed by atoms with E-state index in [1.165, 1.54) is 41.8 Å². The average molecular weight is 272 g/mol. The molecule has 1 saturated heterocycles. The fourth-order valence-corrected chi connectivity index (χ4v) is 3.69. The maximum atomic E-state index is 4.32. The Balaban J connectivity index is 1.74. The summed E-state index contributed by atoms with van der Waals surface area (Å²) in [5, 5.41) is 0. The number of aryl methyl sites for hydroxylation is 1. The molecule has 2 nitrogen and oxygen atoms in total. The summed E-state index contributed by atoms with van der Waals surface area (Å²) in [6.45, 7) is 3.33. The Kier molecular flexibility index (Phi) is 3.67. The summed E-state index contributed by atoms with van der Waals surface area (Å²) < 4.78 is 0. The second-order valence-corrected chi connectivity index (χ2v) is 6.30. The minimum Gasteiger partial charge on any atom is -0.303 e. The standard InChI is InChI=1S/C16H20N2S/c1-12-16(19-11-17-12)14-7-5-13(6-8-14)10-15-4-3-9-18(15)2/h5-8,11,15H,3-4,9-10H2,1-2H3. The molecule has 2 aromatic rings. The van der Waals surface area contributed by atoms with Gasteiger partial charge in [-0.25, -0.2) is 4.98 Å². The van der Waals surface area contributed by atoms with Crippen molar-refractivity contribution in [3.05, 3.63) is 41.0 Å². The molecular weight excluding hydrogens is 252 g/mol. The molecule has 1 unspecified atom stereocenters. The van der Waals surface area contributed by atoms with Crippen LogP contribution in [0.15, 0.2) is 29.8 Å². The van der Waals surface area contributed by atoms with E-state index in [-0.39, 0.29) is 0 Å². The topological polar surface area (TPSA) is 16.1 Å². The van der Waals surface area contributed by atoms with Gasteiger partial charge in [-0.3, -0.25) is 0 Å². The molecule has 0 saturated carbocycles. The van der Waals surface area contributed by atoms with Crippen LogP contribution < -0.4 is 0 Å². The summed E-state index contributed by atoms with van der Waals surface area (Å²) in [5.41, 5.74) is 5.80. The summed E-state index contributed by atoms with van der Waals surface area (Å²) in [5.74, 6) is 0. The quantitative estimate of drug-likeness (QED) is 0.846. The molecule has 1 aromatic heterocycles. The first kappa shape index (κ1) is 12.8. The van der Waals surface area contributed by atoms with Gasteiger partial charge in [0.1, 0.15) is 0 Å². The summed E-state index contributed by atoms with van der Waals surface area (Å²) in [7, 11) is 2.24. The molecule has 0 bridgehead atoms. The molecule has 2 heterocycles. The third-order valence-electron chi connectivity index (χ3n) is 4.10. The van der Waals surface area contributed by atoms with E-state index in [1.54, 1.807) is 11.3 Å². The summed E-state index contributed by atoms with van der Waals surface area (Å²) in [4.78, 5) is 8.10. The number of hydrogen-bond donors (Lipinski definition) is 0. The first-order valence-corrected chi connectivity index (χ1v) is 7.81. The van der Waals surface area contributed by atoms with Crippen LogP contribution in [0, 0.1) is 6.92 Å². The maximum absolute atomic E-state index is 4.32. The van der Waals surface area contributed by atoms with Gasteiger partial charge in [0.2, 0.25) is 0 Å². The van der Waals surface area contributed by atoms with Gasteiger partial charge in [-0.05, 0) is 50.9 Å². The van der Waals surface area contributed by atoms with Crippen LogP contribution in [0.5, 0.6) is 0 Å². The van der Waals surface area contributed by atoms with Crippen LogP contribution in [-0.2, 0) is 6.42 Å². The molecule has 0 aliphatic carbocycles. The van der Waals surface area contributed by atoms with Gasteiger partial charge >= 0.3 is 0 Å². The Morgan fingerprint density at radius 1 is 1.32 bits per heavy atom. The minimum atomic E-state index is 0.732. The maximum Gasteiger partial charge on any atom is 0.0801 e. The number of likely N-dealkylation sites (N-methyl/N-ethyl adjacent to an activating group) is 1. The van der Waals surface area contributed by atoms with E-state index >= 15 is 0 Å². The predicted molar refractivity (Wildman–Crippen MR) is 81.6 cm³/mol. The SMILES string of the molecule is Cc1ncsc1-c1ccc(CC2CCCN2C)cc1. The minimum absolute atomic E-state index is 0.732. The van der Waals surface area contributed by atoms with Crippen LogP contribution in [0.4, 0.5) is 0 Å². The Morgan fingerprint density at radius 3 is 2.68 bits per heavy atom. The molecule has 1 aliphatic heterocycles. The summed E-state index contributed by atoms with van der Waals surface area (Å²) >= 11 is 1.72. The number of hydrogen-bond acceptors (Lipinski definition) is 3. The predicted octanol–water partition coefficient (Wildman–Crippen LogP) is 3.76. The zero-order chi connectivity index (χ0) is 13.2. The third-order valence-corrected chi connectivity index (χ3v) is 5.08. The van der Waals surface area contributed by atoms with Gasteiger partial charge in [-0.2, -0.15) is 0 Å². The van der Waals surface area contributed by atoms with Gasteiger partial charge in [-0.1, -0.05) is 24.3 Å². The van der Waals surface area contributed by atoms with E-state index in [2.05, 4.69) is 48.1 Å². The highest BCUT2D eigenvalue weighted by Gasteiger charge is 2.20. The number of thiazole rings is 1. The van der Waals surface area contributed by atoms with Crippen molar-refractivity contribution in [3.8, 4) is 10.4 Å². The van der Waals surface area contributed by atoms with E-state index < -0.39 is 0 Å². The van der Waals surface area contributed by atoms with E-state index in [0.29, 0.717) is 0 Å². The smallest absolute Gasteiger partial charge is 0.0801 e. The lowest BCUT2D eigenvalue weighted by molar-refractivity contribution is 0.309. The number of likely N-dealkylation sites (tertiary alicyclic amines) is 1. The van der Waals surface area contributed by atoms with Gasteiger partial charge in [-0.15, -0.1) is 11.3 Å². The third kappa shape index (κ3) is 2.72. The average Bonchev–Trinajstić information content (AvgIpc) is 3.00. The van der Waals surface area contributed by atoms with Gasteiger partial charge in [0.15, 0.2) is 0 Å². The van der Waals surface area contributed by atoms with Crippen LogP contribution in [0.1, 0.15) is 24.1 Å². The van der Waals surface area contributed by atoms with Crippen molar-refractivity contribution in [2.75, 3.05) is 13.6 Å². The lowest BCUT2D eigenvalue weighted by Gasteiger charge is -2.19. The van der Waals surface area contributed by atoms with Crippen molar-refractivity contribution in [2.24, 2.45) is 0 Å². The van der Waals surface area contributed by atoms with Crippen molar-refractivity contribution < 1.29 is 0 Å². The molecule has 3 rings (SSSR count). The molecule has 0 radical (unpaired) electrons. The van der Waals surface area contributed by atoms with Gasteiger partial charge in [0.05, 0.1) is 16.1 Å². The number of aromatic nitrogens is 1. The Bertz CT molecular complexity index is 544. The fraction of sp³-hybridized carbons (Fsp3) is 0.438. The highest BCUT2D eigenvalue weighted by atomic mass is 32.1. The van der Waals surface area contributed by atoms with Crippen LogP contribution in [0.25, 0.3) is 10.4 Å². The molecular formula is C16H20N2S. The van der Waals surface area contributed by atoms with E-state index in [4.69, 9.17) is 0 Å². The number of nitrogens with zero attached hydrogens (tertiary/aromatic N) is 2. The number of rotatable bonds is 3. The lowest BCUT2D eigenvalue weighted by atomic mass is 10.0. The highest BCUT2D eigenvalue weighted by molar-refractivity contribution is 7.13. The Labute approximate surface area is 119 Å². The molecule has 1 fully saturated rings. The van der Waals surface area contributed by atoms with Crippen LogP contribution in [-0.4, -0.2) is 29.5 Å². The second-order valence-electron chi connectivity index (χ2n) is 5.44. The molecule has 0 amide bonds. The first-order valence-electron chi connectivity index (χ1n) is 6.93. The second kappa shape index (κ2) is 5.43. The molecule has 19 heavy (non-hydrogen) atoms. The van der Waals surface area contributed by atoms with Gasteiger partial charge in [0, 0.05) is 6.04 Å². The Hall–Kier alpha value is -1.19. The van der Waals surface area contributed by atoms with Crippen molar-refractivity contribution in [3.63, 3.8) is 0 Å². The number of benzene rings is 1. The van der Waals surface area contributed by atoms with Gasteiger partial charge < -0.3 is 4.90 Å². The summed E-state index contributed by atoms with van der Waals surface area (Å²) in [6.07, 6.45) is 3.87. The van der Waals surface area contributed by atoms with Crippen LogP contribution in [0.2, 0.25) is 0 Å². The van der Waals surface area contributed by atoms with Crippen molar-refractivity contribution >= 4 is 11.3 Å². The van der Waals surface area contributed by atoms with Crippen molar-refractivity contribution in [1.82, 2.24) is 9.88 Å². The zero-order valence-corrected chi connectivity index (χ0v) is 12.4. The van der Waals surface area contributed by atoms with Crippen LogP contribution in [0.3, 0.4) is 0 Å². The van der Waals surface area contributed by atoms with Crippen molar-refractivity contribution in [1.29, 1.82) is 0 Å². The molecule has 0 N–H and O–H groups in total. The highest BCUT2D eigenvalue weighted by Crippen LogP contribution is 2.28. The van der Waals surface area contributed by atoms with E-state index in [1.807, 2.05) is 5.51 Å². The molecule has 0 spiro atoms. The van der Waals surface area contributed by atoms with Crippen LogP contribution >= 0.6 is 11.3 Å². The van der Waals surface area contributed by atoms with Crippen molar-refractivity contribution in [2.45, 2.75) is 32.2 Å². The van der Waals surface area contributed by atoms with E-state index in [9.17, 15) is 0 Å². The zero-order valence-electron chi connectivity index (χ0n) is 11.6. The first-order chi connectivity index (χ1) is 9.24. The molecule has 1 atom stereocenters. The largest absolute Gasteiger partial charge is 0.303 e. The summed E-state index contributed by atoms with van der Waals surface area (Å²) in [6, 6.07) is 9.77. The fourth-order valence-electron chi connectivity index (χ4n) is 2.88. The monoisotopic (exact) mass is 272 g/mol. The van der Waals surface area contributed by atoms with E-state index in [0.717, 1.165) is 11.7 Å². The molecule has 1 aromatic carbocycles. The normalized spacial score (nSPS) is 20.0. The molecule has 1 aliphatic rings. The molecule has 100 valence electrons. The molecule has 3 heteroatoms. The van der Waals surface area contributed by atoms with Gasteiger partial charge in [0.25, 0.3) is 0 Å². The lowest BCUT2D eigenvalue weighted by Crippen LogP contribution is -2.26.